The summed E-state index contributed by atoms with van der Waals surface area (Å²) in [5.74, 6) is 0.698. The molecule has 5 heteroatoms. The highest BCUT2D eigenvalue weighted by atomic mass is 15.5. The Morgan fingerprint density at radius 2 is 1.84 bits per heavy atom. The van der Waals surface area contributed by atoms with Crippen molar-refractivity contribution in [2.45, 2.75) is 6.92 Å². The van der Waals surface area contributed by atoms with Crippen LogP contribution in [0.4, 0.5) is 5.69 Å². The van der Waals surface area contributed by atoms with Gasteiger partial charge in [-0.2, -0.15) is 4.68 Å². The van der Waals surface area contributed by atoms with Crippen LogP contribution in [0, 0.1) is 6.92 Å². The molecule has 5 nitrogen and oxygen atoms in total. The molecule has 94 valence electrons. The molecule has 0 bridgehead atoms. The van der Waals surface area contributed by atoms with Gasteiger partial charge in [0.25, 0.3) is 0 Å². The Morgan fingerprint density at radius 1 is 1.05 bits per heavy atom. The van der Waals surface area contributed by atoms with Crippen molar-refractivity contribution in [3.63, 3.8) is 0 Å². The van der Waals surface area contributed by atoms with Gasteiger partial charge >= 0.3 is 0 Å². The van der Waals surface area contributed by atoms with E-state index in [0.29, 0.717) is 5.82 Å². The third-order valence-electron chi connectivity index (χ3n) is 3.01. The molecule has 0 amide bonds. The first-order valence-corrected chi connectivity index (χ1v) is 5.96. The quantitative estimate of drug-likeness (QED) is 0.709. The van der Waals surface area contributed by atoms with Crippen LogP contribution in [-0.2, 0) is 0 Å². The number of tetrazole rings is 1. The van der Waals surface area contributed by atoms with E-state index < -0.39 is 0 Å². The minimum absolute atomic E-state index is 0.698. The van der Waals surface area contributed by atoms with E-state index in [2.05, 4.69) is 15.5 Å². The molecule has 3 rings (SSSR count). The molecule has 19 heavy (non-hydrogen) atoms. The summed E-state index contributed by atoms with van der Waals surface area (Å²) in [5, 5.41) is 11.9. The standard InChI is InChI=1S/C14H13N5/c1-10-7-8-12(9-13(10)15)19-14(16-17-18-19)11-5-3-2-4-6-11/h2-9H,15H2,1H3. The van der Waals surface area contributed by atoms with Crippen molar-refractivity contribution in [3.8, 4) is 17.1 Å². The molecule has 0 aliphatic carbocycles. The van der Waals surface area contributed by atoms with Gasteiger partial charge in [0.1, 0.15) is 0 Å². The fourth-order valence-corrected chi connectivity index (χ4v) is 1.89. The lowest BCUT2D eigenvalue weighted by molar-refractivity contribution is 0.791. The van der Waals surface area contributed by atoms with Crippen molar-refractivity contribution >= 4 is 5.69 Å². The highest BCUT2D eigenvalue weighted by Gasteiger charge is 2.10. The van der Waals surface area contributed by atoms with Crippen LogP contribution >= 0.6 is 0 Å². The lowest BCUT2D eigenvalue weighted by Crippen LogP contribution is -2.01. The van der Waals surface area contributed by atoms with Crippen molar-refractivity contribution in [1.82, 2.24) is 20.2 Å². The van der Waals surface area contributed by atoms with E-state index in [1.165, 1.54) is 0 Å². The molecule has 1 aromatic heterocycles. The van der Waals surface area contributed by atoms with Gasteiger partial charge in [-0.25, -0.2) is 0 Å². The summed E-state index contributed by atoms with van der Waals surface area (Å²) in [6, 6.07) is 15.6. The van der Waals surface area contributed by atoms with E-state index in [9.17, 15) is 0 Å². The minimum atomic E-state index is 0.698. The number of aryl methyl sites for hydroxylation is 1. The van der Waals surface area contributed by atoms with E-state index in [4.69, 9.17) is 5.73 Å². The van der Waals surface area contributed by atoms with Gasteiger partial charge in [-0.05, 0) is 35.0 Å². The summed E-state index contributed by atoms with van der Waals surface area (Å²) in [6.45, 7) is 1.97. The molecule has 0 aliphatic heterocycles. The Balaban J connectivity index is 2.12. The number of anilines is 1. The lowest BCUT2D eigenvalue weighted by Gasteiger charge is -2.07. The molecule has 3 aromatic rings. The van der Waals surface area contributed by atoms with E-state index in [1.807, 2.05) is 55.5 Å². The molecular weight excluding hydrogens is 238 g/mol. The zero-order chi connectivity index (χ0) is 13.2. The number of nitrogen functional groups attached to an aromatic ring is 1. The van der Waals surface area contributed by atoms with Gasteiger partial charge < -0.3 is 5.73 Å². The molecular formula is C14H13N5. The third kappa shape index (κ3) is 2.06. The Kier molecular flexibility index (Phi) is 2.72. The maximum atomic E-state index is 5.93. The molecule has 0 aliphatic rings. The first kappa shape index (κ1) is 11.4. The first-order chi connectivity index (χ1) is 9.25. The number of hydrogen-bond acceptors (Lipinski definition) is 4. The van der Waals surface area contributed by atoms with Crippen molar-refractivity contribution in [2.24, 2.45) is 0 Å². The third-order valence-corrected chi connectivity index (χ3v) is 3.01. The van der Waals surface area contributed by atoms with E-state index in [1.54, 1.807) is 4.68 Å². The second-order valence-corrected chi connectivity index (χ2v) is 4.32. The molecule has 0 fully saturated rings. The molecule has 0 saturated heterocycles. The number of nitrogens with zero attached hydrogens (tertiary/aromatic N) is 4. The fourth-order valence-electron chi connectivity index (χ4n) is 1.89. The van der Waals surface area contributed by atoms with Crippen molar-refractivity contribution in [1.29, 1.82) is 0 Å². The monoisotopic (exact) mass is 251 g/mol. The molecule has 2 N–H and O–H groups in total. The Labute approximate surface area is 110 Å². The summed E-state index contributed by atoms with van der Waals surface area (Å²) in [6.07, 6.45) is 0. The Bertz CT molecular complexity index is 703. The molecule has 0 saturated carbocycles. The zero-order valence-electron chi connectivity index (χ0n) is 10.5. The highest BCUT2D eigenvalue weighted by molar-refractivity contribution is 5.59. The summed E-state index contributed by atoms with van der Waals surface area (Å²) in [5.41, 5.74) is 9.52. The van der Waals surface area contributed by atoms with E-state index in [0.717, 1.165) is 22.5 Å². The normalized spacial score (nSPS) is 10.6. The molecule has 2 aromatic carbocycles. The second-order valence-electron chi connectivity index (χ2n) is 4.32. The zero-order valence-corrected chi connectivity index (χ0v) is 10.5. The van der Waals surface area contributed by atoms with E-state index in [-0.39, 0.29) is 0 Å². The smallest absolute Gasteiger partial charge is 0.187 e. The highest BCUT2D eigenvalue weighted by Crippen LogP contribution is 2.21. The summed E-state index contributed by atoms with van der Waals surface area (Å²) in [4.78, 5) is 0. The van der Waals surface area contributed by atoms with Gasteiger partial charge in [0, 0.05) is 11.3 Å². The van der Waals surface area contributed by atoms with Gasteiger partial charge in [0.15, 0.2) is 5.82 Å². The van der Waals surface area contributed by atoms with Crippen molar-refractivity contribution in [3.05, 3.63) is 54.1 Å². The topological polar surface area (TPSA) is 69.6 Å². The number of benzene rings is 2. The first-order valence-electron chi connectivity index (χ1n) is 5.96. The van der Waals surface area contributed by atoms with Gasteiger partial charge in [-0.15, -0.1) is 5.10 Å². The van der Waals surface area contributed by atoms with Gasteiger partial charge in [0.2, 0.25) is 0 Å². The summed E-state index contributed by atoms with van der Waals surface area (Å²) >= 11 is 0. The number of rotatable bonds is 2. The number of aromatic nitrogens is 4. The lowest BCUT2D eigenvalue weighted by atomic mass is 10.1. The summed E-state index contributed by atoms with van der Waals surface area (Å²) in [7, 11) is 0. The molecule has 0 unspecified atom stereocenters. The van der Waals surface area contributed by atoms with Gasteiger partial charge in [-0.3, -0.25) is 0 Å². The van der Waals surface area contributed by atoms with Gasteiger partial charge in [-0.1, -0.05) is 36.4 Å². The number of nitrogens with two attached hydrogens (primary N) is 1. The average molecular weight is 251 g/mol. The van der Waals surface area contributed by atoms with Crippen LogP contribution in [0.5, 0.6) is 0 Å². The largest absolute Gasteiger partial charge is 0.398 e. The Morgan fingerprint density at radius 3 is 2.58 bits per heavy atom. The summed E-state index contributed by atoms with van der Waals surface area (Å²) < 4.78 is 1.69. The molecule has 0 atom stereocenters. The van der Waals surface area contributed by atoms with Crippen LogP contribution in [0.2, 0.25) is 0 Å². The predicted molar refractivity (Wildman–Crippen MR) is 73.7 cm³/mol. The van der Waals surface area contributed by atoms with E-state index >= 15 is 0 Å². The molecule has 0 radical (unpaired) electrons. The maximum Gasteiger partial charge on any atom is 0.187 e. The second kappa shape index (κ2) is 4.53. The van der Waals surface area contributed by atoms with Crippen LogP contribution in [0.25, 0.3) is 17.1 Å². The van der Waals surface area contributed by atoms with Crippen LogP contribution in [0.15, 0.2) is 48.5 Å². The molecule has 1 heterocycles. The average Bonchev–Trinajstić information content (AvgIpc) is 2.92. The Hall–Kier alpha value is -2.69. The van der Waals surface area contributed by atoms with Crippen molar-refractivity contribution < 1.29 is 0 Å². The van der Waals surface area contributed by atoms with Crippen molar-refractivity contribution in [2.75, 3.05) is 5.73 Å². The fraction of sp³-hybridized carbons (Fsp3) is 0.0714. The van der Waals surface area contributed by atoms with Gasteiger partial charge in [0.05, 0.1) is 5.69 Å². The van der Waals surface area contributed by atoms with Crippen LogP contribution in [0.1, 0.15) is 5.56 Å². The maximum absolute atomic E-state index is 5.93. The molecule has 0 spiro atoms. The van der Waals surface area contributed by atoms with Crippen LogP contribution in [-0.4, -0.2) is 20.2 Å². The minimum Gasteiger partial charge on any atom is -0.398 e. The SMILES string of the molecule is Cc1ccc(-n2nnnc2-c2ccccc2)cc1N. The van der Waals surface area contributed by atoms with Crippen LogP contribution < -0.4 is 5.73 Å². The van der Waals surface area contributed by atoms with Crippen LogP contribution in [0.3, 0.4) is 0 Å². The predicted octanol–water partition coefficient (Wildman–Crippen LogP) is 2.22. The number of hydrogen-bond donors (Lipinski definition) is 1.